The van der Waals surface area contributed by atoms with Gasteiger partial charge < -0.3 is 15.5 Å². The average molecular weight is 247 g/mol. The van der Waals surface area contributed by atoms with Crippen LogP contribution in [0.3, 0.4) is 0 Å². The van der Waals surface area contributed by atoms with E-state index in [1.807, 2.05) is 7.05 Å². The molecule has 5 nitrogen and oxygen atoms in total. The van der Waals surface area contributed by atoms with E-state index < -0.39 is 0 Å². The lowest BCUT2D eigenvalue weighted by Gasteiger charge is -2.29. The molecular formula is C13H21N5. The number of piperazine rings is 1. The molecule has 2 N–H and O–H groups in total. The van der Waals surface area contributed by atoms with Crippen molar-refractivity contribution in [1.29, 1.82) is 0 Å². The first kappa shape index (κ1) is 11.7. The van der Waals surface area contributed by atoms with Gasteiger partial charge in [0.15, 0.2) is 0 Å². The highest BCUT2D eigenvalue weighted by Crippen LogP contribution is 2.27. The van der Waals surface area contributed by atoms with Crippen LogP contribution in [0.25, 0.3) is 0 Å². The number of nitrogens with one attached hydrogen (secondary N) is 2. The molecule has 0 amide bonds. The SMILES string of the molecule is CNc1nc(N2CCNCC2)nc2c1CCCC2. The lowest BCUT2D eigenvalue weighted by atomic mass is 9.96. The summed E-state index contributed by atoms with van der Waals surface area (Å²) in [7, 11) is 1.96. The molecule has 1 saturated heterocycles. The zero-order valence-corrected chi connectivity index (χ0v) is 11.0. The predicted octanol–water partition coefficient (Wildman–Crippen LogP) is 0.807. The molecule has 3 rings (SSSR count). The Kier molecular flexibility index (Phi) is 3.32. The molecule has 18 heavy (non-hydrogen) atoms. The molecule has 0 atom stereocenters. The van der Waals surface area contributed by atoms with Gasteiger partial charge in [-0.3, -0.25) is 0 Å². The number of rotatable bonds is 2. The molecule has 2 heterocycles. The molecule has 1 aliphatic carbocycles. The van der Waals surface area contributed by atoms with Gasteiger partial charge in [0.25, 0.3) is 0 Å². The van der Waals surface area contributed by atoms with Crippen LogP contribution < -0.4 is 15.5 Å². The zero-order chi connectivity index (χ0) is 12.4. The third kappa shape index (κ3) is 2.14. The largest absolute Gasteiger partial charge is 0.373 e. The summed E-state index contributed by atoms with van der Waals surface area (Å²) in [4.78, 5) is 11.8. The van der Waals surface area contributed by atoms with Gasteiger partial charge in [-0.05, 0) is 25.7 Å². The van der Waals surface area contributed by atoms with Crippen molar-refractivity contribution in [2.24, 2.45) is 0 Å². The van der Waals surface area contributed by atoms with Crippen molar-refractivity contribution >= 4 is 11.8 Å². The van der Waals surface area contributed by atoms with Crippen LogP contribution >= 0.6 is 0 Å². The molecule has 0 radical (unpaired) electrons. The number of aryl methyl sites for hydroxylation is 1. The van der Waals surface area contributed by atoms with Gasteiger partial charge in [-0.2, -0.15) is 4.98 Å². The predicted molar refractivity (Wildman–Crippen MR) is 73.3 cm³/mol. The average Bonchev–Trinajstić information content (AvgIpc) is 2.47. The van der Waals surface area contributed by atoms with Crippen molar-refractivity contribution in [1.82, 2.24) is 15.3 Å². The van der Waals surface area contributed by atoms with Crippen molar-refractivity contribution in [3.8, 4) is 0 Å². The Morgan fingerprint density at radius 3 is 2.67 bits per heavy atom. The van der Waals surface area contributed by atoms with Gasteiger partial charge in [0, 0.05) is 38.8 Å². The maximum atomic E-state index is 4.79. The second-order valence-corrected chi connectivity index (χ2v) is 4.99. The lowest BCUT2D eigenvalue weighted by molar-refractivity contribution is 0.575. The van der Waals surface area contributed by atoms with Crippen LogP contribution in [0.2, 0.25) is 0 Å². The van der Waals surface area contributed by atoms with E-state index in [2.05, 4.69) is 15.5 Å². The number of aromatic nitrogens is 2. The first-order valence-corrected chi connectivity index (χ1v) is 6.91. The lowest BCUT2D eigenvalue weighted by Crippen LogP contribution is -2.44. The number of fused-ring (bicyclic) bond motifs is 1. The molecule has 2 aliphatic rings. The normalized spacial score (nSPS) is 19.5. The minimum atomic E-state index is 0.904. The Hall–Kier alpha value is -1.36. The Labute approximate surface area is 108 Å². The van der Waals surface area contributed by atoms with Crippen LogP contribution in [0.15, 0.2) is 0 Å². The van der Waals surface area contributed by atoms with Gasteiger partial charge in [0.1, 0.15) is 5.82 Å². The van der Waals surface area contributed by atoms with Crippen LogP contribution in [0.4, 0.5) is 11.8 Å². The molecule has 0 unspecified atom stereocenters. The number of hydrogen-bond acceptors (Lipinski definition) is 5. The smallest absolute Gasteiger partial charge is 0.227 e. The van der Waals surface area contributed by atoms with Crippen molar-refractivity contribution in [3.05, 3.63) is 11.3 Å². The zero-order valence-electron chi connectivity index (χ0n) is 11.0. The summed E-state index contributed by atoms with van der Waals surface area (Å²) in [6, 6.07) is 0. The topological polar surface area (TPSA) is 53.1 Å². The number of nitrogens with zero attached hydrogens (tertiary/aromatic N) is 3. The minimum absolute atomic E-state index is 0.904. The molecule has 0 aromatic carbocycles. The third-order valence-electron chi connectivity index (χ3n) is 3.81. The van der Waals surface area contributed by atoms with E-state index in [4.69, 9.17) is 9.97 Å². The molecule has 0 spiro atoms. The van der Waals surface area contributed by atoms with Crippen LogP contribution in [0.1, 0.15) is 24.1 Å². The summed E-state index contributed by atoms with van der Waals surface area (Å²) in [5.41, 5.74) is 2.59. The highest BCUT2D eigenvalue weighted by atomic mass is 15.3. The Morgan fingerprint density at radius 2 is 1.89 bits per heavy atom. The van der Waals surface area contributed by atoms with Gasteiger partial charge >= 0.3 is 0 Å². The number of anilines is 2. The highest BCUT2D eigenvalue weighted by Gasteiger charge is 2.20. The van der Waals surface area contributed by atoms with Crippen LogP contribution in [0.5, 0.6) is 0 Å². The van der Waals surface area contributed by atoms with E-state index in [0.717, 1.165) is 50.8 Å². The fraction of sp³-hybridized carbons (Fsp3) is 0.692. The van der Waals surface area contributed by atoms with Crippen LogP contribution in [-0.4, -0.2) is 43.2 Å². The van der Waals surface area contributed by atoms with E-state index >= 15 is 0 Å². The molecule has 1 aliphatic heterocycles. The summed E-state index contributed by atoms with van der Waals surface area (Å²) in [6.45, 7) is 4.05. The Morgan fingerprint density at radius 1 is 1.11 bits per heavy atom. The van der Waals surface area contributed by atoms with E-state index in [1.165, 1.54) is 24.1 Å². The standard InChI is InChI=1S/C13H21N5/c1-14-12-10-4-2-3-5-11(10)16-13(17-12)18-8-6-15-7-9-18/h15H,2-9H2,1H3,(H,14,16,17). The first-order chi connectivity index (χ1) is 8.88. The van der Waals surface area contributed by atoms with Crippen molar-refractivity contribution in [3.63, 3.8) is 0 Å². The van der Waals surface area contributed by atoms with Crippen molar-refractivity contribution in [2.75, 3.05) is 43.4 Å². The van der Waals surface area contributed by atoms with Gasteiger partial charge in [0.05, 0.1) is 5.69 Å². The van der Waals surface area contributed by atoms with Gasteiger partial charge in [-0.1, -0.05) is 0 Å². The molecule has 0 saturated carbocycles. The van der Waals surface area contributed by atoms with Crippen LogP contribution in [-0.2, 0) is 12.8 Å². The summed E-state index contributed by atoms with van der Waals surface area (Å²) in [5.74, 6) is 1.94. The second kappa shape index (κ2) is 5.10. The molecule has 98 valence electrons. The molecular weight excluding hydrogens is 226 g/mol. The summed E-state index contributed by atoms with van der Waals surface area (Å²) in [6.07, 6.45) is 4.74. The number of hydrogen-bond donors (Lipinski definition) is 2. The van der Waals surface area contributed by atoms with Gasteiger partial charge in [0.2, 0.25) is 5.95 Å². The van der Waals surface area contributed by atoms with E-state index in [9.17, 15) is 0 Å². The summed E-state index contributed by atoms with van der Waals surface area (Å²) in [5, 5.41) is 6.60. The minimum Gasteiger partial charge on any atom is -0.373 e. The van der Waals surface area contributed by atoms with Crippen molar-refractivity contribution in [2.45, 2.75) is 25.7 Å². The maximum absolute atomic E-state index is 4.79. The molecule has 0 bridgehead atoms. The van der Waals surface area contributed by atoms with Crippen LogP contribution in [0, 0.1) is 0 Å². The first-order valence-electron chi connectivity index (χ1n) is 6.91. The fourth-order valence-corrected chi connectivity index (χ4v) is 2.79. The van der Waals surface area contributed by atoms with E-state index in [0.29, 0.717) is 0 Å². The monoisotopic (exact) mass is 247 g/mol. The quantitative estimate of drug-likeness (QED) is 0.810. The molecule has 1 aromatic rings. The maximum Gasteiger partial charge on any atom is 0.227 e. The van der Waals surface area contributed by atoms with E-state index in [-0.39, 0.29) is 0 Å². The summed E-state index contributed by atoms with van der Waals surface area (Å²) < 4.78 is 0. The summed E-state index contributed by atoms with van der Waals surface area (Å²) >= 11 is 0. The Balaban J connectivity index is 1.94. The van der Waals surface area contributed by atoms with Gasteiger partial charge in [-0.25, -0.2) is 4.98 Å². The molecule has 1 fully saturated rings. The third-order valence-corrected chi connectivity index (χ3v) is 3.81. The van der Waals surface area contributed by atoms with Crippen molar-refractivity contribution < 1.29 is 0 Å². The Bertz CT molecular complexity index is 408. The van der Waals surface area contributed by atoms with Gasteiger partial charge in [-0.15, -0.1) is 0 Å². The molecule has 5 heteroatoms. The molecule has 1 aromatic heterocycles. The second-order valence-electron chi connectivity index (χ2n) is 4.99. The van der Waals surface area contributed by atoms with E-state index in [1.54, 1.807) is 0 Å². The fourth-order valence-electron chi connectivity index (χ4n) is 2.79. The highest BCUT2D eigenvalue weighted by molar-refractivity contribution is 5.52.